The van der Waals surface area contributed by atoms with Gasteiger partial charge in [-0.15, -0.1) is 0 Å². The number of carbonyl (C=O) groups is 1. The van der Waals surface area contributed by atoms with E-state index in [9.17, 15) is 4.79 Å². The first-order valence-electron chi connectivity index (χ1n) is 8.05. The average molecular weight is 320 g/mol. The number of carbonyl (C=O) groups excluding carboxylic acids is 1. The molecule has 2 rings (SSSR count). The van der Waals surface area contributed by atoms with Crippen LogP contribution in [0.15, 0.2) is 12.1 Å². The van der Waals surface area contributed by atoms with Crippen LogP contribution in [0.25, 0.3) is 0 Å². The average Bonchev–Trinajstić information content (AvgIpc) is 2.47. The van der Waals surface area contributed by atoms with Gasteiger partial charge in [-0.1, -0.05) is 0 Å². The third-order valence-electron chi connectivity index (χ3n) is 4.17. The Labute approximate surface area is 139 Å². The van der Waals surface area contributed by atoms with E-state index in [2.05, 4.69) is 23.2 Å². The molecule has 0 aromatic heterocycles. The summed E-state index contributed by atoms with van der Waals surface area (Å²) in [7, 11) is 3.30. The highest BCUT2D eigenvalue weighted by atomic mass is 16.5. The van der Waals surface area contributed by atoms with Crippen molar-refractivity contribution in [3.63, 3.8) is 0 Å². The number of hydrogen-bond acceptors (Lipinski definition) is 4. The molecule has 0 radical (unpaired) electrons. The molecule has 1 aromatic rings. The second-order valence-electron chi connectivity index (χ2n) is 7.10. The van der Waals surface area contributed by atoms with Crippen molar-refractivity contribution in [3.05, 3.63) is 23.3 Å². The molecule has 1 unspecified atom stereocenters. The molecule has 1 N–H and O–H groups in total. The third-order valence-corrected chi connectivity index (χ3v) is 4.17. The van der Waals surface area contributed by atoms with Crippen LogP contribution in [0.5, 0.6) is 11.5 Å². The molecular formula is C18H28N2O3. The van der Waals surface area contributed by atoms with Crippen LogP contribution < -0.4 is 14.8 Å². The van der Waals surface area contributed by atoms with Gasteiger partial charge in [-0.05, 0) is 57.4 Å². The lowest BCUT2D eigenvalue weighted by Gasteiger charge is -2.36. The molecule has 0 bridgehead atoms. The Morgan fingerprint density at radius 3 is 2.43 bits per heavy atom. The van der Waals surface area contributed by atoms with Gasteiger partial charge in [0.05, 0.1) is 20.8 Å². The number of ether oxygens (including phenoxy) is 2. The predicted molar refractivity (Wildman–Crippen MR) is 91.1 cm³/mol. The van der Waals surface area contributed by atoms with E-state index in [1.807, 2.05) is 26.8 Å². The van der Waals surface area contributed by atoms with Crippen molar-refractivity contribution in [1.29, 1.82) is 0 Å². The summed E-state index contributed by atoms with van der Waals surface area (Å²) < 4.78 is 10.8. The Bertz CT molecular complexity index is 578. The molecule has 5 nitrogen and oxygen atoms in total. The second-order valence-corrected chi connectivity index (χ2v) is 7.10. The van der Waals surface area contributed by atoms with Gasteiger partial charge in [-0.25, -0.2) is 0 Å². The minimum absolute atomic E-state index is 0.0632. The zero-order chi connectivity index (χ0) is 17.2. The summed E-state index contributed by atoms with van der Waals surface area (Å²) in [4.78, 5) is 14.4. The van der Waals surface area contributed by atoms with Crippen LogP contribution in [0.1, 0.15) is 44.9 Å². The normalized spacial score (nSPS) is 18.3. The maximum atomic E-state index is 12.2. The van der Waals surface area contributed by atoms with Crippen LogP contribution in [0, 0.1) is 0 Å². The monoisotopic (exact) mass is 320 g/mol. The highest BCUT2D eigenvalue weighted by molar-refractivity contribution is 5.78. The number of nitrogens with zero attached hydrogens (tertiary/aromatic N) is 1. The van der Waals surface area contributed by atoms with Crippen molar-refractivity contribution in [2.45, 2.75) is 45.7 Å². The number of fused-ring (bicyclic) bond motifs is 1. The van der Waals surface area contributed by atoms with Crippen LogP contribution in [-0.2, 0) is 11.2 Å². The zero-order valence-electron chi connectivity index (χ0n) is 15.0. The summed E-state index contributed by atoms with van der Waals surface area (Å²) >= 11 is 0. The van der Waals surface area contributed by atoms with Gasteiger partial charge in [0, 0.05) is 18.1 Å². The fourth-order valence-electron chi connectivity index (χ4n) is 3.05. The number of nitrogens with one attached hydrogen (secondary N) is 1. The lowest BCUT2D eigenvalue weighted by molar-refractivity contribution is -0.124. The number of amides is 1. The van der Waals surface area contributed by atoms with Gasteiger partial charge in [-0.3, -0.25) is 9.69 Å². The third kappa shape index (κ3) is 4.16. The first-order chi connectivity index (χ1) is 10.7. The lowest BCUT2D eigenvalue weighted by Crippen LogP contribution is -2.47. The highest BCUT2D eigenvalue weighted by Gasteiger charge is 2.28. The summed E-state index contributed by atoms with van der Waals surface area (Å²) in [5, 5.41) is 3.03. The molecule has 0 spiro atoms. The van der Waals surface area contributed by atoms with Gasteiger partial charge in [0.25, 0.3) is 0 Å². The van der Waals surface area contributed by atoms with Gasteiger partial charge in [-0.2, -0.15) is 0 Å². The molecular weight excluding hydrogens is 292 g/mol. The molecule has 0 saturated heterocycles. The smallest absolute Gasteiger partial charge is 0.234 e. The van der Waals surface area contributed by atoms with Gasteiger partial charge >= 0.3 is 0 Å². The predicted octanol–water partition coefficient (Wildman–Crippen LogP) is 2.54. The fraction of sp³-hybridized carbons (Fsp3) is 0.611. The fourth-order valence-corrected chi connectivity index (χ4v) is 3.05. The first-order valence-corrected chi connectivity index (χ1v) is 8.05. The quantitative estimate of drug-likeness (QED) is 0.926. The summed E-state index contributed by atoms with van der Waals surface area (Å²) in [6.45, 7) is 9.40. The van der Waals surface area contributed by atoms with E-state index in [1.54, 1.807) is 14.2 Å². The van der Waals surface area contributed by atoms with Crippen molar-refractivity contribution in [2.75, 3.05) is 27.3 Å². The summed E-state index contributed by atoms with van der Waals surface area (Å²) in [5.41, 5.74) is 2.27. The molecule has 128 valence electrons. The Hall–Kier alpha value is -1.75. The van der Waals surface area contributed by atoms with E-state index in [4.69, 9.17) is 9.47 Å². The highest BCUT2D eigenvalue weighted by Crippen LogP contribution is 2.37. The van der Waals surface area contributed by atoms with Crippen molar-refractivity contribution in [2.24, 2.45) is 0 Å². The van der Waals surface area contributed by atoms with E-state index < -0.39 is 0 Å². The maximum absolute atomic E-state index is 12.2. The zero-order valence-corrected chi connectivity index (χ0v) is 15.0. The van der Waals surface area contributed by atoms with Crippen LogP contribution in [0.2, 0.25) is 0 Å². The van der Waals surface area contributed by atoms with Crippen LogP contribution in [0.3, 0.4) is 0 Å². The summed E-state index contributed by atoms with van der Waals surface area (Å²) in [5.74, 6) is 1.56. The van der Waals surface area contributed by atoms with Crippen LogP contribution in [0.4, 0.5) is 0 Å². The minimum Gasteiger partial charge on any atom is -0.493 e. The number of hydrogen-bond donors (Lipinski definition) is 1. The number of rotatable bonds is 4. The Balaban J connectivity index is 2.17. The lowest BCUT2D eigenvalue weighted by atomic mass is 9.92. The standard InChI is InChI=1S/C18H28N2O3/c1-12-14-10-16(23-6)15(22-5)9-13(14)7-8-20(12)11-17(21)19-18(2,3)4/h9-10,12H,7-8,11H2,1-6H3,(H,19,21). The number of benzene rings is 1. The van der Waals surface area contributed by atoms with Gasteiger partial charge in [0.1, 0.15) is 0 Å². The SMILES string of the molecule is COc1cc2c(cc1OC)C(C)N(CC(=O)NC(C)(C)C)CC2. The maximum Gasteiger partial charge on any atom is 0.234 e. The van der Waals surface area contributed by atoms with E-state index >= 15 is 0 Å². The summed E-state index contributed by atoms with van der Waals surface area (Å²) in [6.07, 6.45) is 0.906. The van der Waals surface area contributed by atoms with Crippen molar-refractivity contribution >= 4 is 5.91 Å². The van der Waals surface area contributed by atoms with Crippen molar-refractivity contribution in [1.82, 2.24) is 10.2 Å². The molecule has 0 saturated carbocycles. The largest absolute Gasteiger partial charge is 0.493 e. The minimum atomic E-state index is -0.204. The molecule has 1 aliphatic rings. The molecule has 1 aliphatic heterocycles. The molecule has 1 atom stereocenters. The molecule has 23 heavy (non-hydrogen) atoms. The summed E-state index contributed by atoms with van der Waals surface area (Å²) in [6, 6.07) is 4.26. The Kier molecular flexibility index (Phi) is 5.19. The van der Waals surface area contributed by atoms with E-state index in [1.165, 1.54) is 11.1 Å². The van der Waals surface area contributed by atoms with Crippen molar-refractivity contribution < 1.29 is 14.3 Å². The van der Waals surface area contributed by atoms with Gasteiger partial charge < -0.3 is 14.8 Å². The van der Waals surface area contributed by atoms with Gasteiger partial charge in [0.15, 0.2) is 11.5 Å². The topological polar surface area (TPSA) is 50.8 Å². The molecule has 0 aliphatic carbocycles. The Morgan fingerprint density at radius 2 is 1.87 bits per heavy atom. The molecule has 1 aromatic carbocycles. The molecule has 1 heterocycles. The number of methoxy groups -OCH3 is 2. The van der Waals surface area contributed by atoms with Crippen LogP contribution in [-0.4, -0.2) is 43.7 Å². The van der Waals surface area contributed by atoms with Crippen molar-refractivity contribution in [3.8, 4) is 11.5 Å². The van der Waals surface area contributed by atoms with E-state index in [-0.39, 0.29) is 17.5 Å². The molecule has 1 amide bonds. The Morgan fingerprint density at radius 1 is 1.26 bits per heavy atom. The second kappa shape index (κ2) is 6.79. The molecule has 0 fully saturated rings. The van der Waals surface area contributed by atoms with E-state index in [0.717, 1.165) is 24.5 Å². The van der Waals surface area contributed by atoms with Crippen LogP contribution >= 0.6 is 0 Å². The first kappa shape index (κ1) is 17.6. The van der Waals surface area contributed by atoms with E-state index in [0.29, 0.717) is 6.54 Å². The molecule has 5 heteroatoms. The van der Waals surface area contributed by atoms with Gasteiger partial charge in [0.2, 0.25) is 5.91 Å².